The van der Waals surface area contributed by atoms with Gasteiger partial charge in [-0.1, -0.05) is 18.2 Å². The predicted octanol–water partition coefficient (Wildman–Crippen LogP) is 1.91. The average Bonchev–Trinajstić information content (AvgIpc) is 2.53. The summed E-state index contributed by atoms with van der Waals surface area (Å²) < 4.78 is 0. The van der Waals surface area contributed by atoms with Crippen LogP contribution in [-0.2, 0) is 0 Å². The van der Waals surface area contributed by atoms with E-state index in [2.05, 4.69) is 31.2 Å². The van der Waals surface area contributed by atoms with Gasteiger partial charge in [-0.05, 0) is 25.6 Å². The molecule has 0 saturated carbocycles. The monoisotopic (exact) mass is 293 g/mol. The number of hydrogen-bond donors (Lipinski definition) is 1. The molecule has 1 N–H and O–H groups in total. The van der Waals surface area contributed by atoms with Crippen LogP contribution in [0.15, 0.2) is 11.2 Å². The van der Waals surface area contributed by atoms with Crippen molar-refractivity contribution in [3.63, 3.8) is 0 Å². The topological polar surface area (TPSA) is 44.3 Å². The lowest BCUT2D eigenvalue weighted by Gasteiger charge is -2.44. The highest BCUT2D eigenvalue weighted by molar-refractivity contribution is 7.98. The summed E-state index contributed by atoms with van der Waals surface area (Å²) >= 11 is 1.60. The van der Waals surface area contributed by atoms with Gasteiger partial charge >= 0.3 is 0 Å². The number of aromatic nitrogens is 2. The Kier molecular flexibility index (Phi) is 4.31. The fourth-order valence-corrected chi connectivity index (χ4v) is 3.53. The summed E-state index contributed by atoms with van der Waals surface area (Å²) in [6.45, 7) is 4.62. The second-order valence-corrected chi connectivity index (χ2v) is 6.25. The molecule has 20 heavy (non-hydrogen) atoms. The lowest BCUT2D eigenvalue weighted by molar-refractivity contribution is 0.133. The first-order chi connectivity index (χ1) is 9.80. The van der Waals surface area contributed by atoms with E-state index in [9.17, 15) is 0 Å². The van der Waals surface area contributed by atoms with Crippen LogP contribution in [0.5, 0.6) is 0 Å². The Labute approximate surface area is 125 Å². The molecule has 0 bridgehead atoms. The lowest BCUT2D eigenvalue weighted by atomic mass is 9.99. The highest BCUT2D eigenvalue weighted by atomic mass is 32.2. The van der Waals surface area contributed by atoms with Gasteiger partial charge in [0.25, 0.3) is 0 Å². The van der Waals surface area contributed by atoms with Crippen molar-refractivity contribution in [1.82, 2.24) is 14.9 Å². The summed E-state index contributed by atoms with van der Waals surface area (Å²) in [5, 5.41) is 3.98. The highest BCUT2D eigenvalue weighted by Gasteiger charge is 2.29. The van der Waals surface area contributed by atoms with Gasteiger partial charge in [-0.15, -0.1) is 0 Å². The van der Waals surface area contributed by atoms with Crippen molar-refractivity contribution in [1.29, 1.82) is 0 Å². The zero-order valence-electron chi connectivity index (χ0n) is 12.3. The fourth-order valence-electron chi connectivity index (χ4n) is 3.16. The third kappa shape index (κ3) is 2.86. The molecular formula is C14H23N5S. The first-order valence-electron chi connectivity index (χ1n) is 7.40. The minimum absolute atomic E-state index is 0.711. The van der Waals surface area contributed by atoms with E-state index >= 15 is 0 Å². The Morgan fingerprint density at radius 2 is 2.15 bits per heavy atom. The molecule has 5 nitrogen and oxygen atoms in total. The van der Waals surface area contributed by atoms with Gasteiger partial charge < -0.3 is 10.2 Å². The van der Waals surface area contributed by atoms with Crippen LogP contribution in [0, 0.1) is 0 Å². The fraction of sp³-hybridized carbons (Fsp3) is 0.714. The van der Waals surface area contributed by atoms with Crippen molar-refractivity contribution < 1.29 is 0 Å². The van der Waals surface area contributed by atoms with Crippen molar-refractivity contribution in [2.45, 2.75) is 30.5 Å². The molecule has 0 amide bonds. The van der Waals surface area contributed by atoms with E-state index in [0.29, 0.717) is 6.04 Å². The zero-order chi connectivity index (χ0) is 13.9. The van der Waals surface area contributed by atoms with Crippen LogP contribution in [0.4, 0.5) is 11.6 Å². The number of nitrogens with one attached hydrogen (secondary N) is 1. The summed E-state index contributed by atoms with van der Waals surface area (Å²) in [7, 11) is 1.91. The molecule has 1 aromatic heterocycles. The summed E-state index contributed by atoms with van der Waals surface area (Å²) in [6.07, 6.45) is 6.09. The van der Waals surface area contributed by atoms with Crippen molar-refractivity contribution >= 4 is 23.4 Å². The molecule has 2 aliphatic rings. The van der Waals surface area contributed by atoms with Gasteiger partial charge in [0.05, 0.1) is 0 Å². The summed E-state index contributed by atoms with van der Waals surface area (Å²) in [5.74, 6) is 1.98. The number of rotatable bonds is 3. The Morgan fingerprint density at radius 3 is 2.95 bits per heavy atom. The minimum Gasteiger partial charge on any atom is -0.373 e. The van der Waals surface area contributed by atoms with E-state index in [1.165, 1.54) is 25.8 Å². The number of thioether (sulfide) groups is 1. The largest absolute Gasteiger partial charge is 0.373 e. The van der Waals surface area contributed by atoms with Gasteiger partial charge in [0.2, 0.25) is 0 Å². The Bertz CT molecular complexity index is 445. The van der Waals surface area contributed by atoms with Crippen molar-refractivity contribution in [2.24, 2.45) is 0 Å². The average molecular weight is 293 g/mol. The minimum atomic E-state index is 0.711. The smallest absolute Gasteiger partial charge is 0.191 e. The van der Waals surface area contributed by atoms with Gasteiger partial charge in [-0.2, -0.15) is 0 Å². The molecule has 2 aliphatic heterocycles. The van der Waals surface area contributed by atoms with Gasteiger partial charge in [-0.3, -0.25) is 4.90 Å². The Balaban J connectivity index is 1.78. The molecule has 0 aromatic carbocycles. The third-order valence-corrected chi connectivity index (χ3v) is 4.84. The molecule has 1 aromatic rings. The maximum Gasteiger partial charge on any atom is 0.191 e. The molecule has 1 unspecified atom stereocenters. The predicted molar refractivity (Wildman–Crippen MR) is 84.8 cm³/mol. The number of fused-ring (bicyclic) bond motifs is 1. The lowest BCUT2D eigenvalue weighted by Crippen LogP contribution is -2.55. The van der Waals surface area contributed by atoms with Gasteiger partial charge in [0.15, 0.2) is 5.16 Å². The van der Waals surface area contributed by atoms with Gasteiger partial charge in [-0.25, -0.2) is 9.97 Å². The van der Waals surface area contributed by atoms with Crippen LogP contribution in [0.2, 0.25) is 0 Å². The van der Waals surface area contributed by atoms with Crippen LogP contribution in [0.1, 0.15) is 19.3 Å². The highest BCUT2D eigenvalue weighted by Crippen LogP contribution is 2.26. The normalized spacial score (nSPS) is 23.5. The molecule has 0 aliphatic carbocycles. The molecule has 3 rings (SSSR count). The summed E-state index contributed by atoms with van der Waals surface area (Å²) in [5.41, 5.74) is 0. The molecule has 0 radical (unpaired) electrons. The molecule has 110 valence electrons. The second kappa shape index (κ2) is 6.18. The molecular weight excluding hydrogens is 270 g/mol. The Hall–Kier alpha value is -1.01. The quantitative estimate of drug-likeness (QED) is 0.678. The number of hydrogen-bond acceptors (Lipinski definition) is 6. The van der Waals surface area contributed by atoms with E-state index in [4.69, 9.17) is 0 Å². The SMILES string of the molecule is CNc1cc(N2CCN3CCCCC3C2)nc(SC)n1. The third-order valence-electron chi connectivity index (χ3n) is 4.29. The second-order valence-electron chi connectivity index (χ2n) is 5.48. The van der Waals surface area contributed by atoms with Crippen LogP contribution < -0.4 is 10.2 Å². The number of anilines is 2. The number of piperidine rings is 1. The van der Waals surface area contributed by atoms with E-state index in [-0.39, 0.29) is 0 Å². The first kappa shape index (κ1) is 13.9. The van der Waals surface area contributed by atoms with Crippen LogP contribution in [-0.4, -0.2) is 60.4 Å². The number of piperazine rings is 1. The van der Waals surface area contributed by atoms with Gasteiger partial charge in [0, 0.05) is 38.8 Å². The van der Waals surface area contributed by atoms with E-state index < -0.39 is 0 Å². The maximum atomic E-state index is 4.68. The molecule has 2 fully saturated rings. The summed E-state index contributed by atoms with van der Waals surface area (Å²) in [4.78, 5) is 14.2. The Morgan fingerprint density at radius 1 is 1.25 bits per heavy atom. The molecule has 6 heteroatoms. The van der Waals surface area contributed by atoms with Crippen molar-refractivity contribution in [3.05, 3.63) is 6.07 Å². The number of nitrogens with zero attached hydrogens (tertiary/aromatic N) is 4. The summed E-state index contributed by atoms with van der Waals surface area (Å²) in [6, 6.07) is 2.78. The van der Waals surface area contributed by atoms with E-state index in [1.54, 1.807) is 11.8 Å². The van der Waals surface area contributed by atoms with Gasteiger partial charge in [0.1, 0.15) is 11.6 Å². The van der Waals surface area contributed by atoms with E-state index in [0.717, 1.165) is 36.4 Å². The molecule has 3 heterocycles. The van der Waals surface area contributed by atoms with Crippen molar-refractivity contribution in [3.8, 4) is 0 Å². The molecule has 1 atom stereocenters. The van der Waals surface area contributed by atoms with Crippen molar-refractivity contribution in [2.75, 3.05) is 49.7 Å². The van der Waals surface area contributed by atoms with Crippen LogP contribution >= 0.6 is 11.8 Å². The zero-order valence-corrected chi connectivity index (χ0v) is 13.1. The van der Waals surface area contributed by atoms with E-state index in [1.807, 2.05) is 13.3 Å². The first-order valence-corrected chi connectivity index (χ1v) is 8.62. The van der Waals surface area contributed by atoms with Crippen LogP contribution in [0.3, 0.4) is 0 Å². The van der Waals surface area contributed by atoms with Crippen LogP contribution in [0.25, 0.3) is 0 Å². The maximum absolute atomic E-state index is 4.68. The standard InChI is InChI=1S/C14H23N5S/c1-15-12-9-13(17-14(16-12)20-2)19-8-7-18-6-4-3-5-11(18)10-19/h9,11H,3-8,10H2,1-2H3,(H,15,16,17). The molecule has 2 saturated heterocycles. The molecule has 0 spiro atoms.